The molecule has 1 aromatic carbocycles. The Bertz CT molecular complexity index is 668. The summed E-state index contributed by atoms with van der Waals surface area (Å²) in [5, 5.41) is 31.7. The molecule has 0 bridgehead atoms. The molecule has 1 N–H and O–H groups in total. The minimum absolute atomic E-state index is 0.339. The molecule has 0 aliphatic heterocycles. The van der Waals surface area contributed by atoms with E-state index in [1.807, 2.05) is 0 Å². The Morgan fingerprint density at radius 1 is 0.905 bits per heavy atom. The number of nitrogens with zero attached hydrogens (tertiary/aromatic N) is 3. The van der Waals surface area contributed by atoms with Crippen LogP contribution in [0.3, 0.4) is 0 Å². The predicted octanol–water partition coefficient (Wildman–Crippen LogP) is 3.39. The van der Waals surface area contributed by atoms with Gasteiger partial charge in [0.05, 0.1) is 22.4 Å². The van der Waals surface area contributed by atoms with Crippen LogP contribution in [0.5, 0.6) is 0 Å². The average Bonchev–Trinajstić information content (AvgIpc) is 2.53. The molecule has 2 rings (SSSR count). The third kappa shape index (κ3) is 2.69. The summed E-state index contributed by atoms with van der Waals surface area (Å²) in [4.78, 5) is 0. The second-order valence-corrected chi connectivity index (χ2v) is 5.28. The number of unbranched alkanes of at least 4 members (excludes halogenated alkanes) is 1. The van der Waals surface area contributed by atoms with Crippen molar-refractivity contribution in [1.29, 1.82) is 15.8 Å². The molecule has 0 unspecified atom stereocenters. The standard InChI is InChI=1S/C17H18N4/c1-2-3-8-21-17-15(10-19)13-7-5-4-6-12(13)14(9-18)16(17)11-20/h21H,2-8H2,1H3. The first-order valence-corrected chi connectivity index (χ1v) is 7.44. The first-order valence-electron chi connectivity index (χ1n) is 7.44. The molecule has 0 aromatic heterocycles. The molecular weight excluding hydrogens is 260 g/mol. The second-order valence-electron chi connectivity index (χ2n) is 5.28. The summed E-state index contributed by atoms with van der Waals surface area (Å²) in [6.45, 7) is 2.80. The van der Waals surface area contributed by atoms with Gasteiger partial charge in [-0.2, -0.15) is 15.8 Å². The quantitative estimate of drug-likeness (QED) is 0.855. The van der Waals surface area contributed by atoms with Crippen LogP contribution in [0.2, 0.25) is 0 Å². The van der Waals surface area contributed by atoms with Gasteiger partial charge >= 0.3 is 0 Å². The van der Waals surface area contributed by atoms with Crippen molar-refractivity contribution in [2.75, 3.05) is 11.9 Å². The van der Waals surface area contributed by atoms with E-state index in [-0.39, 0.29) is 0 Å². The Balaban J connectivity index is 2.65. The van der Waals surface area contributed by atoms with E-state index in [1.165, 1.54) is 0 Å². The maximum absolute atomic E-state index is 9.53. The Morgan fingerprint density at radius 3 is 2.00 bits per heavy atom. The lowest BCUT2D eigenvalue weighted by Gasteiger charge is -2.22. The molecule has 4 nitrogen and oxygen atoms in total. The van der Waals surface area contributed by atoms with Crippen molar-refractivity contribution in [3.05, 3.63) is 27.8 Å². The number of benzene rings is 1. The molecule has 1 aliphatic carbocycles. The fourth-order valence-electron chi connectivity index (χ4n) is 2.93. The van der Waals surface area contributed by atoms with Crippen molar-refractivity contribution in [2.45, 2.75) is 45.4 Å². The lowest BCUT2D eigenvalue weighted by Crippen LogP contribution is -2.14. The fourth-order valence-corrected chi connectivity index (χ4v) is 2.93. The highest BCUT2D eigenvalue weighted by molar-refractivity contribution is 5.76. The summed E-state index contributed by atoms with van der Waals surface area (Å²) in [5.41, 5.74) is 3.81. The molecule has 1 aliphatic rings. The van der Waals surface area contributed by atoms with Gasteiger partial charge in [-0.25, -0.2) is 0 Å². The van der Waals surface area contributed by atoms with E-state index in [9.17, 15) is 15.8 Å². The SMILES string of the molecule is CCCCNc1c(C#N)c(C#N)c2c(c1C#N)CCCC2. The first kappa shape index (κ1) is 14.9. The molecule has 0 amide bonds. The van der Waals surface area contributed by atoms with Gasteiger partial charge in [-0.15, -0.1) is 0 Å². The Labute approximate surface area is 125 Å². The lowest BCUT2D eigenvalue weighted by molar-refractivity contribution is 0.682. The van der Waals surface area contributed by atoms with Gasteiger partial charge in [0, 0.05) is 6.54 Å². The molecule has 0 saturated heterocycles. The third-order valence-corrected chi connectivity index (χ3v) is 3.99. The molecule has 0 radical (unpaired) electrons. The van der Waals surface area contributed by atoms with Crippen LogP contribution in [0.25, 0.3) is 0 Å². The normalized spacial score (nSPS) is 12.7. The third-order valence-electron chi connectivity index (χ3n) is 3.99. The molecule has 21 heavy (non-hydrogen) atoms. The fraction of sp³-hybridized carbons (Fsp3) is 0.471. The zero-order chi connectivity index (χ0) is 15.2. The van der Waals surface area contributed by atoms with Crippen LogP contribution in [0, 0.1) is 34.0 Å². The highest BCUT2D eigenvalue weighted by atomic mass is 14.9. The van der Waals surface area contributed by atoms with Gasteiger partial charge in [0.2, 0.25) is 0 Å². The van der Waals surface area contributed by atoms with Gasteiger partial charge in [-0.3, -0.25) is 0 Å². The Morgan fingerprint density at radius 2 is 1.48 bits per heavy atom. The van der Waals surface area contributed by atoms with E-state index < -0.39 is 0 Å². The zero-order valence-electron chi connectivity index (χ0n) is 12.3. The summed E-state index contributed by atoms with van der Waals surface area (Å²) >= 11 is 0. The highest BCUT2D eigenvalue weighted by Gasteiger charge is 2.25. The van der Waals surface area contributed by atoms with Gasteiger partial charge in [0.15, 0.2) is 0 Å². The van der Waals surface area contributed by atoms with Crippen molar-refractivity contribution in [3.63, 3.8) is 0 Å². The van der Waals surface area contributed by atoms with E-state index >= 15 is 0 Å². The summed E-state index contributed by atoms with van der Waals surface area (Å²) in [6.07, 6.45) is 5.66. The van der Waals surface area contributed by atoms with Gasteiger partial charge in [0.25, 0.3) is 0 Å². The maximum atomic E-state index is 9.53. The van der Waals surface area contributed by atoms with Gasteiger partial charge < -0.3 is 5.32 Å². The highest BCUT2D eigenvalue weighted by Crippen LogP contribution is 2.35. The van der Waals surface area contributed by atoms with Crippen molar-refractivity contribution in [1.82, 2.24) is 0 Å². The number of hydrogen-bond acceptors (Lipinski definition) is 4. The second kappa shape index (κ2) is 6.78. The van der Waals surface area contributed by atoms with Crippen molar-refractivity contribution < 1.29 is 0 Å². The predicted molar refractivity (Wildman–Crippen MR) is 80.6 cm³/mol. The monoisotopic (exact) mass is 278 g/mol. The van der Waals surface area contributed by atoms with Crippen LogP contribution in [0.15, 0.2) is 0 Å². The lowest BCUT2D eigenvalue weighted by atomic mass is 9.82. The molecule has 106 valence electrons. The van der Waals surface area contributed by atoms with Crippen LogP contribution in [0.1, 0.15) is 60.4 Å². The molecule has 0 heterocycles. The molecule has 0 fully saturated rings. The van der Waals surface area contributed by atoms with E-state index in [4.69, 9.17) is 0 Å². The largest absolute Gasteiger partial charge is 0.383 e. The summed E-state index contributed by atoms with van der Waals surface area (Å²) < 4.78 is 0. The van der Waals surface area contributed by atoms with Crippen LogP contribution in [-0.2, 0) is 12.8 Å². The molecular formula is C17H18N4. The minimum Gasteiger partial charge on any atom is -0.383 e. The molecule has 4 heteroatoms. The topological polar surface area (TPSA) is 83.4 Å². The average molecular weight is 278 g/mol. The van der Waals surface area contributed by atoms with Gasteiger partial charge in [0.1, 0.15) is 18.2 Å². The zero-order valence-corrected chi connectivity index (χ0v) is 12.3. The minimum atomic E-state index is 0.339. The van der Waals surface area contributed by atoms with Crippen molar-refractivity contribution in [3.8, 4) is 18.2 Å². The number of fused-ring (bicyclic) bond motifs is 1. The smallest absolute Gasteiger partial charge is 0.103 e. The summed E-state index contributed by atoms with van der Waals surface area (Å²) in [5.74, 6) is 0. The van der Waals surface area contributed by atoms with Crippen LogP contribution < -0.4 is 5.32 Å². The number of hydrogen-bond donors (Lipinski definition) is 1. The van der Waals surface area contributed by atoms with Crippen LogP contribution in [-0.4, -0.2) is 6.54 Å². The maximum Gasteiger partial charge on any atom is 0.103 e. The molecule has 1 aromatic rings. The molecule has 0 spiro atoms. The van der Waals surface area contributed by atoms with E-state index in [1.54, 1.807) is 0 Å². The van der Waals surface area contributed by atoms with Crippen molar-refractivity contribution in [2.24, 2.45) is 0 Å². The number of anilines is 1. The van der Waals surface area contributed by atoms with E-state index in [0.29, 0.717) is 28.9 Å². The number of nitriles is 3. The van der Waals surface area contributed by atoms with Crippen LogP contribution >= 0.6 is 0 Å². The molecule has 0 atom stereocenters. The van der Waals surface area contributed by atoms with Crippen molar-refractivity contribution >= 4 is 5.69 Å². The number of rotatable bonds is 4. The van der Waals surface area contributed by atoms with E-state index in [0.717, 1.165) is 49.7 Å². The van der Waals surface area contributed by atoms with E-state index in [2.05, 4.69) is 30.4 Å². The first-order chi connectivity index (χ1) is 10.3. The van der Waals surface area contributed by atoms with Gasteiger partial charge in [-0.05, 0) is 43.2 Å². The van der Waals surface area contributed by atoms with Gasteiger partial charge in [-0.1, -0.05) is 13.3 Å². The Kier molecular flexibility index (Phi) is 4.81. The Hall–Kier alpha value is -2.51. The summed E-state index contributed by atoms with van der Waals surface area (Å²) in [6, 6.07) is 6.57. The summed E-state index contributed by atoms with van der Waals surface area (Å²) in [7, 11) is 0. The molecule has 0 saturated carbocycles. The van der Waals surface area contributed by atoms with Crippen LogP contribution in [0.4, 0.5) is 5.69 Å². The number of nitrogens with one attached hydrogen (secondary N) is 1.